The van der Waals surface area contributed by atoms with E-state index in [1.807, 2.05) is 37.3 Å². The van der Waals surface area contributed by atoms with Crippen LogP contribution in [0.1, 0.15) is 37.6 Å². The van der Waals surface area contributed by atoms with Gasteiger partial charge in [-0.25, -0.2) is 9.97 Å². The van der Waals surface area contributed by atoms with Crippen LogP contribution in [0.4, 0.5) is 0 Å². The van der Waals surface area contributed by atoms with Crippen LogP contribution in [0.5, 0.6) is 0 Å². The zero-order chi connectivity index (χ0) is 19.9. The fraction of sp³-hybridized carbons (Fsp3) is 0.381. The Morgan fingerprint density at radius 1 is 1.25 bits per heavy atom. The molecule has 0 spiro atoms. The van der Waals surface area contributed by atoms with Gasteiger partial charge in [-0.15, -0.1) is 0 Å². The van der Waals surface area contributed by atoms with Crippen molar-refractivity contribution in [3.63, 3.8) is 0 Å². The lowest BCUT2D eigenvalue weighted by molar-refractivity contribution is -0.0411. The topological polar surface area (TPSA) is 57.0 Å². The van der Waals surface area contributed by atoms with E-state index in [4.69, 9.17) is 26.3 Å². The highest BCUT2D eigenvalue weighted by Gasteiger charge is 2.28. The molecule has 0 amide bonds. The van der Waals surface area contributed by atoms with E-state index in [1.165, 1.54) is 0 Å². The third-order valence-corrected chi connectivity index (χ3v) is 6.19. The van der Waals surface area contributed by atoms with Gasteiger partial charge in [0, 0.05) is 29.3 Å². The lowest BCUT2D eigenvalue weighted by Crippen LogP contribution is -2.33. The molecule has 5 nitrogen and oxygen atoms in total. The largest absolute Gasteiger partial charge is 0.370 e. The van der Waals surface area contributed by atoms with Crippen molar-refractivity contribution in [1.82, 2.24) is 14.5 Å². The van der Waals surface area contributed by atoms with E-state index in [-0.39, 0.29) is 11.2 Å². The molecule has 28 heavy (non-hydrogen) atoms. The van der Waals surface area contributed by atoms with Gasteiger partial charge < -0.3 is 4.74 Å². The molecular formula is C21H22ClN3O2S. The van der Waals surface area contributed by atoms with Crippen LogP contribution in [0, 0.1) is 0 Å². The summed E-state index contributed by atoms with van der Waals surface area (Å²) in [5.41, 5.74) is 3.30. The van der Waals surface area contributed by atoms with Crippen molar-refractivity contribution < 1.29 is 4.74 Å². The Morgan fingerprint density at radius 3 is 2.71 bits per heavy atom. The summed E-state index contributed by atoms with van der Waals surface area (Å²) in [6.07, 6.45) is 0.712. The highest BCUT2D eigenvalue weighted by Crippen LogP contribution is 2.29. The van der Waals surface area contributed by atoms with Gasteiger partial charge in [0.2, 0.25) is 0 Å². The Hall–Kier alpha value is -1.89. The highest BCUT2D eigenvalue weighted by atomic mass is 35.5. The van der Waals surface area contributed by atoms with Crippen LogP contribution in [0.15, 0.2) is 40.3 Å². The highest BCUT2D eigenvalue weighted by molar-refractivity contribution is 7.98. The molecule has 3 heterocycles. The first-order valence-electron chi connectivity index (χ1n) is 9.31. The summed E-state index contributed by atoms with van der Waals surface area (Å²) in [5.74, 6) is 0.709. The Morgan fingerprint density at radius 2 is 2.00 bits per heavy atom. The first-order valence-corrected chi connectivity index (χ1v) is 10.7. The van der Waals surface area contributed by atoms with Crippen molar-refractivity contribution in [3.8, 4) is 0 Å². The quantitative estimate of drug-likeness (QED) is 0.460. The minimum Gasteiger partial charge on any atom is -0.370 e. The molecule has 1 aliphatic rings. The lowest BCUT2D eigenvalue weighted by Gasteiger charge is -2.31. The molecular weight excluding hydrogens is 394 g/mol. The molecule has 0 bridgehead atoms. The van der Waals surface area contributed by atoms with E-state index in [1.54, 1.807) is 16.3 Å². The van der Waals surface area contributed by atoms with Gasteiger partial charge in [0.15, 0.2) is 10.8 Å². The lowest BCUT2D eigenvalue weighted by atomic mass is 9.95. The monoisotopic (exact) mass is 415 g/mol. The van der Waals surface area contributed by atoms with Crippen LogP contribution in [0.3, 0.4) is 0 Å². The van der Waals surface area contributed by atoms with Crippen molar-refractivity contribution in [1.29, 1.82) is 0 Å². The first-order chi connectivity index (χ1) is 13.4. The van der Waals surface area contributed by atoms with Gasteiger partial charge in [-0.2, -0.15) is 0 Å². The standard InChI is InChI=1S/C21H22ClN3O2S/c1-4-25-19(26)16-9-14-11-27-21(2,3)10-17(14)23-18(16)24-20(25)28-12-13-5-7-15(22)8-6-13/h5-9H,4,10-12H2,1-3H3. The predicted octanol–water partition coefficient (Wildman–Crippen LogP) is 4.61. The number of benzene rings is 1. The van der Waals surface area contributed by atoms with Gasteiger partial charge in [0.05, 0.1) is 23.3 Å². The summed E-state index contributed by atoms with van der Waals surface area (Å²) in [5, 5.41) is 1.96. The third kappa shape index (κ3) is 3.81. The molecule has 0 fully saturated rings. The summed E-state index contributed by atoms with van der Waals surface area (Å²) in [6.45, 7) is 7.10. The average Bonchev–Trinajstić information content (AvgIpc) is 2.66. The minimum atomic E-state index is -0.252. The number of nitrogens with zero attached hydrogens (tertiary/aromatic N) is 3. The van der Waals surface area contributed by atoms with E-state index in [2.05, 4.69) is 13.8 Å². The normalized spacial score (nSPS) is 15.6. The van der Waals surface area contributed by atoms with Gasteiger partial charge in [-0.3, -0.25) is 9.36 Å². The molecule has 0 aliphatic carbocycles. The summed E-state index contributed by atoms with van der Waals surface area (Å²) >= 11 is 7.50. The molecule has 0 atom stereocenters. The molecule has 1 aliphatic heterocycles. The van der Waals surface area contributed by atoms with Crippen LogP contribution < -0.4 is 5.56 Å². The number of aromatic nitrogens is 3. The van der Waals surface area contributed by atoms with Crippen molar-refractivity contribution in [2.45, 2.75) is 56.9 Å². The van der Waals surface area contributed by atoms with Crippen molar-refractivity contribution >= 4 is 34.4 Å². The van der Waals surface area contributed by atoms with Crippen molar-refractivity contribution in [2.75, 3.05) is 0 Å². The van der Waals surface area contributed by atoms with E-state index in [9.17, 15) is 4.79 Å². The third-order valence-electron chi connectivity index (χ3n) is 4.89. The van der Waals surface area contributed by atoms with Crippen molar-refractivity contribution in [2.24, 2.45) is 0 Å². The zero-order valence-electron chi connectivity index (χ0n) is 16.2. The number of fused-ring (bicyclic) bond motifs is 2. The van der Waals surface area contributed by atoms with E-state index >= 15 is 0 Å². The van der Waals surface area contributed by atoms with E-state index in [0.717, 1.165) is 16.8 Å². The maximum Gasteiger partial charge on any atom is 0.263 e. The average molecular weight is 416 g/mol. The summed E-state index contributed by atoms with van der Waals surface area (Å²) in [7, 11) is 0. The molecule has 146 valence electrons. The summed E-state index contributed by atoms with van der Waals surface area (Å²) in [6, 6.07) is 9.62. The predicted molar refractivity (Wildman–Crippen MR) is 113 cm³/mol. The SMILES string of the molecule is CCn1c(SCc2ccc(Cl)cc2)nc2nc3c(cc2c1=O)COC(C)(C)C3. The molecule has 0 saturated carbocycles. The smallest absolute Gasteiger partial charge is 0.263 e. The molecule has 4 rings (SSSR count). The van der Waals surface area contributed by atoms with Gasteiger partial charge in [0.25, 0.3) is 5.56 Å². The van der Waals surface area contributed by atoms with Gasteiger partial charge in [0.1, 0.15) is 0 Å². The van der Waals surface area contributed by atoms with Gasteiger partial charge in [-0.05, 0) is 44.5 Å². The Kier molecular flexibility index (Phi) is 5.21. The number of thioether (sulfide) groups is 1. The van der Waals surface area contributed by atoms with Gasteiger partial charge in [-0.1, -0.05) is 35.5 Å². The first kappa shape index (κ1) is 19.4. The maximum atomic E-state index is 13.1. The number of ether oxygens (including phenoxy) is 1. The number of pyridine rings is 1. The maximum absolute atomic E-state index is 13.1. The second-order valence-corrected chi connectivity index (χ2v) is 8.93. The molecule has 1 aromatic carbocycles. The van der Waals surface area contributed by atoms with Crippen LogP contribution in [0.25, 0.3) is 11.0 Å². The number of halogens is 1. The fourth-order valence-electron chi connectivity index (χ4n) is 3.33. The summed E-state index contributed by atoms with van der Waals surface area (Å²) < 4.78 is 7.59. The molecule has 0 unspecified atom stereocenters. The number of hydrogen-bond donors (Lipinski definition) is 0. The summed E-state index contributed by atoms with van der Waals surface area (Å²) in [4.78, 5) is 22.5. The number of rotatable bonds is 4. The fourth-order valence-corrected chi connectivity index (χ4v) is 4.46. The molecule has 7 heteroatoms. The van der Waals surface area contributed by atoms with Crippen LogP contribution in [-0.2, 0) is 30.1 Å². The van der Waals surface area contributed by atoms with Crippen LogP contribution in [-0.4, -0.2) is 20.1 Å². The number of hydrogen-bond acceptors (Lipinski definition) is 5. The molecule has 0 saturated heterocycles. The van der Waals surface area contributed by atoms with E-state index in [0.29, 0.717) is 46.5 Å². The van der Waals surface area contributed by atoms with Crippen LogP contribution in [0.2, 0.25) is 5.02 Å². The van der Waals surface area contributed by atoms with Crippen molar-refractivity contribution in [3.05, 3.63) is 62.5 Å². The van der Waals surface area contributed by atoms with E-state index < -0.39 is 0 Å². The Bertz CT molecular complexity index is 1090. The van der Waals surface area contributed by atoms with Crippen LogP contribution >= 0.6 is 23.4 Å². The second-order valence-electron chi connectivity index (χ2n) is 7.55. The second kappa shape index (κ2) is 7.50. The minimum absolute atomic E-state index is 0.0498. The molecule has 3 aromatic rings. The Labute approximate surface area is 173 Å². The molecule has 0 radical (unpaired) electrons. The molecule has 0 N–H and O–H groups in total. The Balaban J connectivity index is 1.73. The molecule has 2 aromatic heterocycles. The van der Waals surface area contributed by atoms with Gasteiger partial charge >= 0.3 is 0 Å². The zero-order valence-corrected chi connectivity index (χ0v) is 17.7.